The number of para-hydroxylation sites is 2. The molecule has 0 spiro atoms. The van der Waals surface area contributed by atoms with Gasteiger partial charge in [-0.2, -0.15) is 8.42 Å². The van der Waals surface area contributed by atoms with Crippen molar-refractivity contribution in [3.05, 3.63) is 246 Å². The van der Waals surface area contributed by atoms with E-state index in [1.165, 1.54) is 53.4 Å². The number of furan rings is 3. The van der Waals surface area contributed by atoms with Gasteiger partial charge < -0.3 is 90.5 Å². The summed E-state index contributed by atoms with van der Waals surface area (Å²) in [4.78, 5) is 88.8. The Labute approximate surface area is 910 Å². The minimum Gasteiger partial charge on any atom is -1.00 e. The van der Waals surface area contributed by atoms with Gasteiger partial charge in [0.1, 0.15) is 69.4 Å². The fourth-order valence-corrected chi connectivity index (χ4v) is 12.4. The van der Waals surface area contributed by atoms with Crippen molar-refractivity contribution in [2.24, 2.45) is 5.73 Å². The van der Waals surface area contributed by atoms with Gasteiger partial charge in [0.15, 0.2) is 11.9 Å². The molecule has 8 aromatic carbocycles. The SMILES string of the molecule is C.CC(=O)C(C)Cl.CCOC(=O)Cc1ccccc1O.CCOC(=O)Cc1ccccc1OCc1cc(Br)c2oc(C)c(C)c2c1.COC(=O)c1cc(Br)c2oc(C)c(C)c2c1.COC(=O)c1ccc(O)c(Br)c1.COC(=O)c1ccc(OC(C)C(C)=O)c(Br)c1.Cc1oc2c(Br)cc(CO)cc2c1C.Cl.NCc1cccc(B(O)O)c1.O=CO[O-].O=S(=O)(O)O.[B].[H-].[H-].[K+].[K+].[Li+]. The van der Waals surface area contributed by atoms with Crippen LogP contribution in [0.4, 0.5) is 0 Å². The standard InChI is InChI=1S/C21H21BrO4.C12H13BrO4.C12H11BrO3.C11H11BrO2.C10H12O3.C8H7BrO3.C7H10BNO2.C4H7ClO.CH2O3.CH4.B.ClH.2K.Li.H2O4S.2H/c1-4-24-20(23)11-16-7-5-6-8-19(16)25-12-15-9-17-13(2)14(3)26-21(17)18(22)10-15;1-7(14)8(2)17-11-5-4-9(6-10(11)13)12(15)16-3;1-6-7(2)16-11-9(6)4-8(5-10(11)13)12(14)15-3;1-6-7(2)14-11-9(6)3-8(5-13)4-10(11)12;1-2-13-10(12)7-8-5-3-4-6-9(8)11;1-12-8(11)5-2-3-7(10)6(9)4-5;9-5-6-2-1-3-7(4-6)8(10)11;1-3(5)4(2)6;2-1-4-3;;;;;;;1-5(2,3)4;;/h5-10H,4,11-12H2,1-3H3;4-6,8H,1-3H3;4-5H,1-3H3;3-4,13H,5H2,1-2H3;3-6,11H,2,7H2,1H3;2-4,10H,1H3;1-4,10-11H,5,9H2;3H,1-2H3;1,3H;1H4;;1H;;;;(H2,1,2,3,4);;/q;;;;;;;;;;;;3*+1;;2*-1/p-1. The number of carbonyl (C=O) groups is 8. The number of esters is 5. The Balaban J connectivity index is -0.000000270. The number of phenolic OH excluding ortho intramolecular Hbond substituents is 2. The van der Waals surface area contributed by atoms with E-state index >= 15 is 0 Å². The molecule has 2 unspecified atom stereocenters. The first-order valence-corrected chi connectivity index (χ1v) is 42.5. The number of aryl methyl sites for hydroxylation is 6. The van der Waals surface area contributed by atoms with E-state index in [1.807, 2.05) is 90.1 Å². The molecule has 43 heteroatoms. The summed E-state index contributed by atoms with van der Waals surface area (Å²) in [6.45, 7) is 23.1. The third-order valence-electron chi connectivity index (χ3n) is 16.7. The largest absolute Gasteiger partial charge is 1.00 e. The van der Waals surface area contributed by atoms with Crippen molar-refractivity contribution in [1.82, 2.24) is 0 Å². The molecule has 0 bridgehead atoms. The van der Waals surface area contributed by atoms with Gasteiger partial charge in [-0.3, -0.25) is 33.1 Å². The number of rotatable bonds is 20. The predicted molar refractivity (Wildman–Crippen MR) is 504 cm³/mol. The maximum absolute atomic E-state index is 11.8. The molecule has 0 aliphatic heterocycles. The fourth-order valence-electron chi connectivity index (χ4n) is 9.80. The predicted octanol–water partition coefficient (Wildman–Crippen LogP) is 8.15. The summed E-state index contributed by atoms with van der Waals surface area (Å²) in [5, 5.41) is 56.2. The Morgan fingerprint density at radius 3 is 1.35 bits per heavy atom. The van der Waals surface area contributed by atoms with Gasteiger partial charge in [-0.25, -0.2) is 14.4 Å². The van der Waals surface area contributed by atoms with Crippen molar-refractivity contribution < 1.29 is 262 Å². The number of benzene rings is 8. The van der Waals surface area contributed by atoms with E-state index in [9.17, 15) is 38.7 Å². The second-order valence-electron chi connectivity index (χ2n) is 25.6. The van der Waals surface area contributed by atoms with E-state index in [2.05, 4.69) is 100 Å². The van der Waals surface area contributed by atoms with Gasteiger partial charge in [0.2, 0.25) is 0 Å². The van der Waals surface area contributed by atoms with Gasteiger partial charge in [-0.05, 0) is 287 Å². The average Bonchev–Trinajstić information content (AvgIpc) is 1.64. The number of halogens is 7. The fraction of sp³-hybridized carbons (Fsp3) is 0.287. The minimum absolute atomic E-state index is 0. The van der Waals surface area contributed by atoms with Crippen molar-refractivity contribution in [3.63, 3.8) is 0 Å². The van der Waals surface area contributed by atoms with Crippen LogP contribution in [0.25, 0.3) is 32.9 Å². The van der Waals surface area contributed by atoms with Crippen molar-refractivity contribution in [1.29, 1.82) is 0 Å². The van der Waals surface area contributed by atoms with Crippen LogP contribution in [0.2, 0.25) is 0 Å². The van der Waals surface area contributed by atoms with Crippen molar-refractivity contribution in [3.8, 4) is 23.0 Å². The Morgan fingerprint density at radius 1 is 0.554 bits per heavy atom. The molecule has 693 valence electrons. The van der Waals surface area contributed by atoms with Crippen LogP contribution in [0.5, 0.6) is 23.0 Å². The molecule has 0 aliphatic rings. The number of nitrogens with two attached hydrogens (primary N) is 1. The molecule has 0 saturated heterocycles. The van der Waals surface area contributed by atoms with Gasteiger partial charge in [0.25, 0.3) is 6.47 Å². The summed E-state index contributed by atoms with van der Waals surface area (Å²) in [5.74, 6) is 2.35. The van der Waals surface area contributed by atoms with Crippen LogP contribution < -0.4 is 148 Å². The summed E-state index contributed by atoms with van der Waals surface area (Å²) in [6.07, 6.45) is -0.192. The monoisotopic (exact) mass is 2230 g/mol. The molecule has 130 heavy (non-hydrogen) atoms. The molecular formula is C87H102B2Br5Cl2K2LiNO29S. The molecule has 3 aromatic heterocycles. The van der Waals surface area contributed by atoms with Crippen LogP contribution >= 0.6 is 104 Å². The van der Waals surface area contributed by atoms with Gasteiger partial charge in [0, 0.05) is 42.2 Å². The Bertz CT molecular complexity index is 5540. The summed E-state index contributed by atoms with van der Waals surface area (Å²) in [6, 6.07) is 41.8. The molecule has 2 atom stereocenters. The zero-order valence-corrected chi connectivity index (χ0v) is 90.5. The van der Waals surface area contributed by atoms with E-state index in [-0.39, 0.29) is 225 Å². The first-order chi connectivity index (χ1) is 58.3. The van der Waals surface area contributed by atoms with Crippen molar-refractivity contribution in [2.75, 3.05) is 34.5 Å². The summed E-state index contributed by atoms with van der Waals surface area (Å²) in [5.41, 5.74) is 17.2. The zero-order chi connectivity index (χ0) is 94.0. The maximum Gasteiger partial charge on any atom is 1.00 e. The molecular weight excluding hydrogens is 2130 g/mol. The summed E-state index contributed by atoms with van der Waals surface area (Å²) in [7, 11) is -2.07. The Kier molecular flexibility index (Phi) is 70.8. The first-order valence-electron chi connectivity index (χ1n) is 36.7. The van der Waals surface area contributed by atoms with Crippen LogP contribution in [0.3, 0.4) is 0 Å². The van der Waals surface area contributed by atoms with E-state index in [1.54, 1.807) is 100 Å². The Morgan fingerprint density at radius 2 is 0.946 bits per heavy atom. The zero-order valence-electron chi connectivity index (χ0n) is 76.0. The molecule has 0 fully saturated rings. The van der Waals surface area contributed by atoms with E-state index in [4.69, 9.17) is 102 Å². The molecule has 11 rings (SSSR count). The number of Topliss-reactive ketones (excluding diaryl/α,β-unsaturated/α-hetero) is 2. The molecule has 0 saturated carbocycles. The van der Waals surface area contributed by atoms with Gasteiger partial charge >= 0.3 is 169 Å². The molecule has 30 nitrogen and oxygen atoms in total. The topological polar surface area (TPSA) is 475 Å². The molecule has 0 amide bonds. The average molecular weight is 2240 g/mol. The number of hydrogen-bond acceptors (Lipinski definition) is 28. The number of carbonyl (C=O) groups excluding carboxylic acids is 8. The van der Waals surface area contributed by atoms with Gasteiger partial charge in [0.05, 0.1) is 98.4 Å². The summed E-state index contributed by atoms with van der Waals surface area (Å²) < 4.78 is 87.2. The number of aromatic hydroxyl groups is 2. The molecule has 3 heterocycles. The van der Waals surface area contributed by atoms with Crippen LogP contribution in [-0.2, 0) is 95.5 Å². The van der Waals surface area contributed by atoms with Crippen molar-refractivity contribution >= 4 is 216 Å². The number of hydrogen-bond donors (Lipinski definition) is 8. The number of ether oxygens (including phenoxy) is 7. The Hall–Kier alpha value is -5.61. The second-order valence-corrected chi connectivity index (χ2v) is 31.4. The molecule has 9 N–H and O–H groups in total. The van der Waals surface area contributed by atoms with Crippen LogP contribution in [0.1, 0.15) is 145 Å². The number of fused-ring (bicyclic) bond motifs is 3. The number of phenols is 2. The smallest absolute Gasteiger partial charge is 1.00 e. The van der Waals surface area contributed by atoms with Crippen LogP contribution in [0.15, 0.2) is 181 Å². The number of methoxy groups -OCH3 is 3. The third-order valence-corrected chi connectivity index (χ3v) is 20.1. The number of ketones is 2. The first kappa shape index (κ1) is 133. The van der Waals surface area contributed by atoms with Crippen molar-refractivity contribution in [2.45, 2.75) is 135 Å². The number of aliphatic hydroxyl groups excluding tert-OH is 1. The maximum atomic E-state index is 11.8. The third kappa shape index (κ3) is 47.7. The second kappa shape index (κ2) is 69.2. The van der Waals surface area contributed by atoms with Crippen LogP contribution in [-0.4, -0.2) is 152 Å². The number of aliphatic hydroxyl groups is 1. The normalized spacial score (nSPS) is 10.2. The van der Waals surface area contributed by atoms with E-state index < -0.39 is 35.6 Å². The molecule has 11 aromatic rings. The molecule has 3 radical (unpaired) electrons. The molecule has 0 aliphatic carbocycles. The van der Waals surface area contributed by atoms with Gasteiger partial charge in [-0.1, -0.05) is 68.1 Å². The van der Waals surface area contributed by atoms with Gasteiger partial charge in [-0.15, -0.1) is 24.0 Å². The van der Waals surface area contributed by atoms with E-state index in [0.717, 1.165) is 103 Å². The quantitative estimate of drug-likeness (QED) is 0.00521. The minimum atomic E-state index is -4.67. The van der Waals surface area contributed by atoms with Crippen LogP contribution in [0, 0.1) is 41.5 Å². The summed E-state index contributed by atoms with van der Waals surface area (Å²) >= 11 is 22.0. The number of alkyl halides is 1. The van der Waals surface area contributed by atoms with E-state index in [0.29, 0.717) is 74.5 Å².